The molecule has 0 heterocycles. The molecule has 0 radical (unpaired) electrons. The van der Waals surface area contributed by atoms with E-state index in [1.165, 1.54) is 33.4 Å². The predicted molar refractivity (Wildman–Crippen MR) is 126 cm³/mol. The van der Waals surface area contributed by atoms with Gasteiger partial charge in [0.15, 0.2) is 0 Å². The smallest absolute Gasteiger partial charge is 0.118 e. The van der Waals surface area contributed by atoms with Crippen molar-refractivity contribution in [2.75, 3.05) is 27.2 Å². The van der Waals surface area contributed by atoms with Crippen LogP contribution in [0.2, 0.25) is 0 Å². The molecule has 0 unspecified atom stereocenters. The fraction of sp³-hybridized carbons (Fsp3) is 0.286. The van der Waals surface area contributed by atoms with Gasteiger partial charge in [0.2, 0.25) is 0 Å². The Morgan fingerprint density at radius 3 is 2.00 bits per heavy atom. The number of hydrogen-bond acceptors (Lipinski definition) is 2. The van der Waals surface area contributed by atoms with Crippen molar-refractivity contribution in [3.63, 3.8) is 0 Å². The molecule has 0 amide bonds. The van der Waals surface area contributed by atoms with E-state index in [2.05, 4.69) is 78.7 Å². The molecule has 0 spiro atoms. The summed E-state index contributed by atoms with van der Waals surface area (Å²) in [6, 6.07) is 26.2. The molecule has 2 nitrogen and oxygen atoms in total. The van der Waals surface area contributed by atoms with Crippen molar-refractivity contribution >= 4 is 5.57 Å². The van der Waals surface area contributed by atoms with E-state index < -0.39 is 0 Å². The number of fused-ring (bicyclic) bond motifs is 2. The molecule has 2 heteroatoms. The Balaban J connectivity index is 1.43. The highest BCUT2D eigenvalue weighted by Crippen LogP contribution is 2.33. The maximum Gasteiger partial charge on any atom is 0.118 e. The van der Waals surface area contributed by atoms with E-state index in [-0.39, 0.29) is 0 Å². The minimum absolute atomic E-state index is 0.919. The van der Waals surface area contributed by atoms with Gasteiger partial charge in [-0.2, -0.15) is 0 Å². The first-order chi connectivity index (χ1) is 14.7. The summed E-state index contributed by atoms with van der Waals surface area (Å²) in [6.45, 7) is 2.12. The topological polar surface area (TPSA) is 12.5 Å². The van der Waals surface area contributed by atoms with Gasteiger partial charge in [-0.05, 0) is 78.3 Å². The van der Waals surface area contributed by atoms with E-state index in [9.17, 15) is 0 Å². The first kappa shape index (κ1) is 20.4. The summed E-state index contributed by atoms with van der Waals surface area (Å²) < 4.78 is 5.25. The molecule has 154 valence electrons. The SMILES string of the molecule is COc1ccc(CCN(C)CCC=C2c3ccccc3CCc3ccccc32)cc1. The molecule has 0 N–H and O–H groups in total. The predicted octanol–water partition coefficient (Wildman–Crippen LogP) is 5.79. The quantitative estimate of drug-likeness (QED) is 0.500. The largest absolute Gasteiger partial charge is 0.497 e. The van der Waals surface area contributed by atoms with Crippen LogP contribution in [0, 0.1) is 0 Å². The minimum Gasteiger partial charge on any atom is -0.497 e. The Morgan fingerprint density at radius 2 is 1.40 bits per heavy atom. The molecule has 4 rings (SSSR count). The molecular formula is C28H31NO. The minimum atomic E-state index is 0.919. The molecule has 0 saturated carbocycles. The van der Waals surface area contributed by atoms with Gasteiger partial charge < -0.3 is 9.64 Å². The van der Waals surface area contributed by atoms with Crippen molar-refractivity contribution in [1.29, 1.82) is 0 Å². The number of aryl methyl sites for hydroxylation is 2. The fourth-order valence-corrected chi connectivity index (χ4v) is 4.29. The van der Waals surface area contributed by atoms with Gasteiger partial charge in [-0.1, -0.05) is 66.7 Å². The van der Waals surface area contributed by atoms with E-state index in [0.29, 0.717) is 0 Å². The van der Waals surface area contributed by atoms with Crippen molar-refractivity contribution < 1.29 is 4.74 Å². The van der Waals surface area contributed by atoms with Gasteiger partial charge in [-0.25, -0.2) is 0 Å². The molecular weight excluding hydrogens is 366 g/mol. The molecule has 0 aliphatic heterocycles. The van der Waals surface area contributed by atoms with E-state index >= 15 is 0 Å². The molecule has 30 heavy (non-hydrogen) atoms. The van der Waals surface area contributed by atoms with Gasteiger partial charge >= 0.3 is 0 Å². The van der Waals surface area contributed by atoms with Crippen LogP contribution in [-0.4, -0.2) is 32.1 Å². The lowest BCUT2D eigenvalue weighted by molar-refractivity contribution is 0.345. The van der Waals surface area contributed by atoms with Gasteiger partial charge in [-0.3, -0.25) is 0 Å². The highest BCUT2D eigenvalue weighted by atomic mass is 16.5. The molecule has 1 aliphatic rings. The maximum absolute atomic E-state index is 5.25. The van der Waals surface area contributed by atoms with Crippen LogP contribution >= 0.6 is 0 Å². The van der Waals surface area contributed by atoms with Gasteiger partial charge in [-0.15, -0.1) is 0 Å². The normalized spacial score (nSPS) is 12.8. The van der Waals surface area contributed by atoms with Gasteiger partial charge in [0.25, 0.3) is 0 Å². The number of hydrogen-bond donors (Lipinski definition) is 0. The standard InChI is InChI=1S/C28H31NO/c1-29(21-19-22-13-17-25(30-2)18-14-22)20-7-12-28-26-10-5-3-8-23(26)15-16-24-9-4-6-11-27(24)28/h3-6,8-14,17-18H,7,15-16,19-21H2,1-2H3. The molecule has 0 bridgehead atoms. The second kappa shape index (κ2) is 9.77. The molecule has 1 aliphatic carbocycles. The summed E-state index contributed by atoms with van der Waals surface area (Å²) >= 11 is 0. The number of rotatable bonds is 7. The van der Waals surface area contributed by atoms with E-state index in [4.69, 9.17) is 4.74 Å². The van der Waals surface area contributed by atoms with Crippen LogP contribution in [0.25, 0.3) is 5.57 Å². The third kappa shape index (κ3) is 4.83. The van der Waals surface area contributed by atoms with Crippen LogP contribution in [0.5, 0.6) is 5.75 Å². The summed E-state index contributed by atoms with van der Waals surface area (Å²) in [6.07, 6.45) is 6.80. The fourth-order valence-electron chi connectivity index (χ4n) is 4.29. The van der Waals surface area contributed by atoms with Crippen molar-refractivity contribution in [3.8, 4) is 5.75 Å². The number of benzene rings is 3. The molecule has 0 fully saturated rings. The third-order valence-corrected chi connectivity index (χ3v) is 6.08. The zero-order valence-corrected chi connectivity index (χ0v) is 18.1. The summed E-state index contributed by atoms with van der Waals surface area (Å²) in [5, 5.41) is 0. The Morgan fingerprint density at radius 1 is 0.800 bits per heavy atom. The van der Waals surface area contributed by atoms with E-state index in [1.54, 1.807) is 7.11 Å². The van der Waals surface area contributed by atoms with Crippen LogP contribution < -0.4 is 4.74 Å². The molecule has 0 aromatic heterocycles. The van der Waals surface area contributed by atoms with Gasteiger partial charge in [0.1, 0.15) is 5.75 Å². The second-order valence-electron chi connectivity index (χ2n) is 8.12. The first-order valence-corrected chi connectivity index (χ1v) is 10.9. The zero-order valence-electron chi connectivity index (χ0n) is 18.1. The number of methoxy groups -OCH3 is 1. The Kier molecular flexibility index (Phi) is 6.66. The van der Waals surface area contributed by atoms with Gasteiger partial charge in [0.05, 0.1) is 7.11 Å². The summed E-state index contributed by atoms with van der Waals surface area (Å²) in [5.74, 6) is 0.919. The van der Waals surface area contributed by atoms with E-state index in [1.807, 2.05) is 12.1 Å². The van der Waals surface area contributed by atoms with Crippen LogP contribution in [0.3, 0.4) is 0 Å². The Bertz CT molecular complexity index is 954. The first-order valence-electron chi connectivity index (χ1n) is 10.9. The second-order valence-corrected chi connectivity index (χ2v) is 8.12. The van der Waals surface area contributed by atoms with Crippen molar-refractivity contribution in [2.45, 2.75) is 25.7 Å². The lowest BCUT2D eigenvalue weighted by Crippen LogP contribution is -2.22. The highest BCUT2D eigenvalue weighted by molar-refractivity contribution is 5.83. The van der Waals surface area contributed by atoms with Crippen LogP contribution in [0.1, 0.15) is 34.2 Å². The van der Waals surface area contributed by atoms with E-state index in [0.717, 1.165) is 44.5 Å². The Labute approximate surface area is 180 Å². The third-order valence-electron chi connectivity index (χ3n) is 6.08. The van der Waals surface area contributed by atoms with Gasteiger partial charge in [0, 0.05) is 13.1 Å². The summed E-state index contributed by atoms with van der Waals surface area (Å²) in [5.41, 5.74) is 8.50. The number of likely N-dealkylation sites (N-methyl/N-ethyl adjacent to an activating group) is 1. The van der Waals surface area contributed by atoms with Crippen molar-refractivity contribution in [3.05, 3.63) is 107 Å². The average molecular weight is 398 g/mol. The monoisotopic (exact) mass is 397 g/mol. The van der Waals surface area contributed by atoms with Crippen LogP contribution in [0.15, 0.2) is 78.9 Å². The maximum atomic E-state index is 5.25. The summed E-state index contributed by atoms with van der Waals surface area (Å²) in [4.78, 5) is 2.43. The molecule has 0 saturated heterocycles. The number of nitrogens with zero attached hydrogens (tertiary/aromatic N) is 1. The van der Waals surface area contributed by atoms with Crippen molar-refractivity contribution in [1.82, 2.24) is 4.90 Å². The average Bonchev–Trinajstić information content (AvgIpc) is 2.95. The van der Waals surface area contributed by atoms with Crippen LogP contribution in [0.4, 0.5) is 0 Å². The van der Waals surface area contributed by atoms with Crippen LogP contribution in [-0.2, 0) is 19.3 Å². The van der Waals surface area contributed by atoms with Crippen molar-refractivity contribution in [2.24, 2.45) is 0 Å². The molecule has 0 atom stereocenters. The molecule has 3 aromatic rings. The highest BCUT2D eigenvalue weighted by Gasteiger charge is 2.17. The Hall–Kier alpha value is -2.84. The lowest BCUT2D eigenvalue weighted by atomic mass is 9.93. The molecule has 3 aromatic carbocycles. The lowest BCUT2D eigenvalue weighted by Gasteiger charge is -2.17. The summed E-state index contributed by atoms with van der Waals surface area (Å²) in [7, 11) is 3.93. The number of ether oxygens (including phenoxy) is 1. The zero-order chi connectivity index (χ0) is 20.8.